The van der Waals surface area contributed by atoms with Crippen molar-refractivity contribution >= 4 is 21.8 Å². The predicted octanol–water partition coefficient (Wildman–Crippen LogP) is 1.72. The van der Waals surface area contributed by atoms with Gasteiger partial charge in [0.2, 0.25) is 11.8 Å². The van der Waals surface area contributed by atoms with Crippen LogP contribution in [0.15, 0.2) is 35.2 Å². The number of carbonyl (C=O) groups excluding carboxylic acids is 2. The molecule has 3 rings (SSSR count). The largest absolute Gasteiger partial charge is 0.355 e. The van der Waals surface area contributed by atoms with Gasteiger partial charge in [-0.05, 0) is 29.8 Å². The summed E-state index contributed by atoms with van der Waals surface area (Å²) in [5, 5.41) is 2.29. The fourth-order valence-electron chi connectivity index (χ4n) is 2.94. The van der Waals surface area contributed by atoms with E-state index in [1.807, 2.05) is 0 Å². The number of nitrogens with one attached hydrogen (secondary N) is 2. The molecule has 6 nitrogen and oxygen atoms in total. The molecule has 2 amide bonds. The standard InChI is InChI=1S/C17H11F5N2O4S/c18-9-2-1-7(5-11(9)20)8-6-23-16(25)13(8)17(26)24-29(27,28)12-4-3-10(19)14(21)15(12)22/h1-5,8,13H,6H2,(H,23,25)(H,24,26)/t8-,13-/m1/s1. The van der Waals surface area contributed by atoms with E-state index in [2.05, 4.69) is 5.32 Å². The van der Waals surface area contributed by atoms with E-state index in [4.69, 9.17) is 0 Å². The van der Waals surface area contributed by atoms with E-state index < -0.39 is 67.7 Å². The molecule has 2 atom stereocenters. The highest BCUT2D eigenvalue weighted by atomic mass is 32.2. The Labute approximate surface area is 160 Å². The smallest absolute Gasteiger partial charge is 0.267 e. The van der Waals surface area contributed by atoms with Gasteiger partial charge in [0.05, 0.1) is 0 Å². The summed E-state index contributed by atoms with van der Waals surface area (Å²) in [6.07, 6.45) is 0. The molecule has 0 radical (unpaired) electrons. The summed E-state index contributed by atoms with van der Waals surface area (Å²) >= 11 is 0. The number of halogens is 5. The summed E-state index contributed by atoms with van der Waals surface area (Å²) in [7, 11) is -5.01. The number of benzene rings is 2. The van der Waals surface area contributed by atoms with Crippen LogP contribution in [0.3, 0.4) is 0 Å². The van der Waals surface area contributed by atoms with Crippen molar-refractivity contribution in [3.05, 3.63) is 65.0 Å². The molecule has 2 aromatic carbocycles. The molecule has 0 aromatic heterocycles. The number of amides is 2. The Hall–Kier alpha value is -3.02. The van der Waals surface area contributed by atoms with Crippen molar-refractivity contribution in [1.29, 1.82) is 0 Å². The quantitative estimate of drug-likeness (QED) is 0.436. The molecular weight excluding hydrogens is 423 g/mol. The van der Waals surface area contributed by atoms with Crippen LogP contribution < -0.4 is 10.0 Å². The van der Waals surface area contributed by atoms with Crippen LogP contribution in [-0.2, 0) is 19.6 Å². The highest BCUT2D eigenvalue weighted by molar-refractivity contribution is 7.90. The molecule has 1 aliphatic heterocycles. The maximum absolute atomic E-state index is 13.8. The lowest BCUT2D eigenvalue weighted by Gasteiger charge is -2.17. The van der Waals surface area contributed by atoms with Crippen LogP contribution in [0.25, 0.3) is 0 Å². The second kappa shape index (κ2) is 7.43. The molecule has 1 aliphatic rings. The predicted molar refractivity (Wildman–Crippen MR) is 87.2 cm³/mol. The van der Waals surface area contributed by atoms with Gasteiger partial charge in [0, 0.05) is 12.5 Å². The zero-order chi connectivity index (χ0) is 21.5. The van der Waals surface area contributed by atoms with Crippen LogP contribution in [0, 0.1) is 35.0 Å². The molecule has 1 fully saturated rings. The molecule has 0 aliphatic carbocycles. The maximum atomic E-state index is 13.8. The first-order valence-electron chi connectivity index (χ1n) is 7.95. The Morgan fingerprint density at radius 3 is 2.28 bits per heavy atom. The first-order chi connectivity index (χ1) is 13.5. The number of hydrogen-bond acceptors (Lipinski definition) is 4. The van der Waals surface area contributed by atoms with Crippen molar-refractivity contribution in [3.63, 3.8) is 0 Å². The minimum Gasteiger partial charge on any atom is -0.355 e. The minimum absolute atomic E-state index is 0.0406. The molecule has 1 saturated heterocycles. The summed E-state index contributed by atoms with van der Waals surface area (Å²) in [5.74, 6) is -13.2. The van der Waals surface area contributed by atoms with Crippen molar-refractivity contribution in [2.24, 2.45) is 5.92 Å². The van der Waals surface area contributed by atoms with Gasteiger partial charge in [0.25, 0.3) is 10.0 Å². The van der Waals surface area contributed by atoms with Crippen LogP contribution in [0.5, 0.6) is 0 Å². The van der Waals surface area contributed by atoms with E-state index in [1.54, 1.807) is 0 Å². The van der Waals surface area contributed by atoms with Crippen LogP contribution in [0.1, 0.15) is 11.5 Å². The maximum Gasteiger partial charge on any atom is 0.267 e. The van der Waals surface area contributed by atoms with Crippen LogP contribution in [0.4, 0.5) is 22.0 Å². The van der Waals surface area contributed by atoms with Crippen molar-refractivity contribution in [1.82, 2.24) is 10.0 Å². The normalized spacial score (nSPS) is 19.1. The zero-order valence-electron chi connectivity index (χ0n) is 14.2. The second-order valence-corrected chi connectivity index (χ2v) is 7.80. The summed E-state index contributed by atoms with van der Waals surface area (Å²) < 4.78 is 92.6. The van der Waals surface area contributed by atoms with Crippen LogP contribution in [0.2, 0.25) is 0 Å². The molecule has 0 bridgehead atoms. The average Bonchev–Trinajstić information content (AvgIpc) is 3.03. The Bertz CT molecular complexity index is 1120. The molecule has 154 valence electrons. The second-order valence-electron chi connectivity index (χ2n) is 6.15. The molecule has 2 N–H and O–H groups in total. The molecule has 0 unspecified atom stereocenters. The van der Waals surface area contributed by atoms with Crippen molar-refractivity contribution in [2.75, 3.05) is 6.54 Å². The van der Waals surface area contributed by atoms with Crippen molar-refractivity contribution in [2.45, 2.75) is 10.8 Å². The van der Waals surface area contributed by atoms with E-state index in [0.717, 1.165) is 18.2 Å². The van der Waals surface area contributed by atoms with Gasteiger partial charge in [0.15, 0.2) is 29.1 Å². The number of sulfonamides is 1. The molecule has 12 heteroatoms. The van der Waals surface area contributed by atoms with Crippen molar-refractivity contribution in [3.8, 4) is 0 Å². The Balaban J connectivity index is 1.91. The lowest BCUT2D eigenvalue weighted by atomic mass is 9.88. The van der Waals surface area contributed by atoms with E-state index >= 15 is 0 Å². The summed E-state index contributed by atoms with van der Waals surface area (Å²) in [6.45, 7) is -0.179. The van der Waals surface area contributed by atoms with Gasteiger partial charge in [-0.15, -0.1) is 0 Å². The van der Waals surface area contributed by atoms with Gasteiger partial charge in [-0.2, -0.15) is 0 Å². The van der Waals surface area contributed by atoms with E-state index in [9.17, 15) is 40.0 Å². The third-order valence-corrected chi connectivity index (χ3v) is 5.72. The average molecular weight is 434 g/mol. The van der Waals surface area contributed by atoms with Gasteiger partial charge in [-0.3, -0.25) is 9.59 Å². The first-order valence-corrected chi connectivity index (χ1v) is 9.44. The molecular formula is C17H11F5N2O4S. The molecule has 0 spiro atoms. The number of hydrogen-bond donors (Lipinski definition) is 2. The third-order valence-electron chi connectivity index (χ3n) is 4.36. The Kier molecular flexibility index (Phi) is 5.30. The summed E-state index contributed by atoms with van der Waals surface area (Å²) in [5.41, 5.74) is 0.0406. The Morgan fingerprint density at radius 1 is 0.966 bits per heavy atom. The number of carbonyl (C=O) groups is 2. The highest BCUT2D eigenvalue weighted by Crippen LogP contribution is 2.31. The zero-order valence-corrected chi connectivity index (χ0v) is 15.0. The summed E-state index contributed by atoms with van der Waals surface area (Å²) in [4.78, 5) is 23.1. The topological polar surface area (TPSA) is 92.3 Å². The van der Waals surface area contributed by atoms with Gasteiger partial charge in [-0.1, -0.05) is 6.07 Å². The van der Waals surface area contributed by atoms with Gasteiger partial charge in [0.1, 0.15) is 10.8 Å². The molecule has 2 aromatic rings. The van der Waals surface area contributed by atoms with Gasteiger partial charge in [-0.25, -0.2) is 35.1 Å². The minimum atomic E-state index is -5.01. The highest BCUT2D eigenvalue weighted by Gasteiger charge is 2.43. The monoisotopic (exact) mass is 434 g/mol. The lowest BCUT2D eigenvalue weighted by Crippen LogP contribution is -2.40. The fraction of sp³-hybridized carbons (Fsp3) is 0.176. The first kappa shape index (κ1) is 20.7. The number of rotatable bonds is 4. The van der Waals surface area contributed by atoms with Gasteiger partial charge >= 0.3 is 0 Å². The van der Waals surface area contributed by atoms with E-state index in [-0.39, 0.29) is 12.1 Å². The molecule has 1 heterocycles. The van der Waals surface area contributed by atoms with Gasteiger partial charge < -0.3 is 5.32 Å². The van der Waals surface area contributed by atoms with E-state index in [1.165, 1.54) is 4.72 Å². The van der Waals surface area contributed by atoms with Crippen LogP contribution >= 0.6 is 0 Å². The fourth-order valence-corrected chi connectivity index (χ4v) is 4.02. The lowest BCUT2D eigenvalue weighted by molar-refractivity contribution is -0.132. The molecule has 29 heavy (non-hydrogen) atoms. The SMILES string of the molecule is O=C1NC[C@H](c2ccc(F)c(F)c2)[C@H]1C(=O)NS(=O)(=O)c1ccc(F)c(F)c1F. The third kappa shape index (κ3) is 3.79. The van der Waals surface area contributed by atoms with Crippen molar-refractivity contribution < 1.29 is 40.0 Å². The summed E-state index contributed by atoms with van der Waals surface area (Å²) in [6, 6.07) is 3.40. The Morgan fingerprint density at radius 2 is 1.62 bits per heavy atom. The molecule has 0 saturated carbocycles. The van der Waals surface area contributed by atoms with E-state index in [0.29, 0.717) is 12.1 Å². The van der Waals surface area contributed by atoms with Crippen LogP contribution in [-0.4, -0.2) is 26.8 Å².